The molecule has 18 heavy (non-hydrogen) atoms. The quantitative estimate of drug-likeness (QED) is 0.692. The number of unbranched alkanes of at least 4 members (excludes halogenated alkanes) is 4. The maximum Gasteiger partial charge on any atom is 0.123 e. The predicted octanol–water partition coefficient (Wildman–Crippen LogP) is 4.80. The molecule has 0 amide bonds. The second-order valence-electron chi connectivity index (χ2n) is 5.26. The van der Waals surface area contributed by atoms with Gasteiger partial charge in [0.25, 0.3) is 0 Å². The van der Waals surface area contributed by atoms with Gasteiger partial charge in [-0.1, -0.05) is 39.0 Å². The van der Waals surface area contributed by atoms with Crippen molar-refractivity contribution < 1.29 is 4.39 Å². The fourth-order valence-electron chi connectivity index (χ4n) is 2.62. The minimum absolute atomic E-state index is 0.0484. The van der Waals surface area contributed by atoms with Crippen molar-refractivity contribution in [2.24, 2.45) is 5.73 Å². The molecule has 1 atom stereocenters. The third-order valence-electron chi connectivity index (χ3n) is 3.55. The van der Waals surface area contributed by atoms with Gasteiger partial charge in [-0.3, -0.25) is 0 Å². The summed E-state index contributed by atoms with van der Waals surface area (Å²) < 4.78 is 13.2. The second-order valence-corrected chi connectivity index (χ2v) is 5.26. The number of nitrogens with two attached hydrogens (primary N) is 1. The van der Waals surface area contributed by atoms with Gasteiger partial charge >= 0.3 is 0 Å². The maximum atomic E-state index is 13.2. The highest BCUT2D eigenvalue weighted by molar-refractivity contribution is 5.36. The summed E-state index contributed by atoms with van der Waals surface area (Å²) in [5.74, 6) is -0.163. The molecule has 0 spiro atoms. The lowest BCUT2D eigenvalue weighted by Gasteiger charge is -2.17. The molecule has 0 aliphatic rings. The van der Waals surface area contributed by atoms with E-state index in [0.717, 1.165) is 29.5 Å². The van der Waals surface area contributed by atoms with Crippen molar-refractivity contribution in [2.45, 2.75) is 65.3 Å². The molecule has 0 radical (unpaired) electrons. The van der Waals surface area contributed by atoms with E-state index in [1.54, 1.807) is 12.1 Å². The van der Waals surface area contributed by atoms with Crippen molar-refractivity contribution in [2.75, 3.05) is 0 Å². The van der Waals surface area contributed by atoms with E-state index < -0.39 is 0 Å². The van der Waals surface area contributed by atoms with Crippen molar-refractivity contribution in [3.63, 3.8) is 0 Å². The molecule has 1 nitrogen and oxygen atoms in total. The van der Waals surface area contributed by atoms with Crippen LogP contribution in [0.25, 0.3) is 0 Å². The van der Waals surface area contributed by atoms with Crippen LogP contribution in [0.15, 0.2) is 12.1 Å². The minimum Gasteiger partial charge on any atom is -0.324 e. The third kappa shape index (κ3) is 4.41. The van der Waals surface area contributed by atoms with Crippen LogP contribution in [0.1, 0.15) is 68.2 Å². The van der Waals surface area contributed by atoms with Crippen LogP contribution in [0, 0.1) is 19.7 Å². The molecule has 0 saturated carbocycles. The summed E-state index contributed by atoms with van der Waals surface area (Å²) in [6.07, 6.45) is 7.28. The predicted molar refractivity (Wildman–Crippen MR) is 76.2 cm³/mol. The minimum atomic E-state index is -0.163. The molecule has 2 N–H and O–H groups in total. The summed E-state index contributed by atoms with van der Waals surface area (Å²) in [5.41, 5.74) is 9.33. The third-order valence-corrected chi connectivity index (χ3v) is 3.55. The Kier molecular flexibility index (Phi) is 6.34. The molecule has 0 bridgehead atoms. The Labute approximate surface area is 111 Å². The van der Waals surface area contributed by atoms with E-state index in [0.29, 0.717) is 0 Å². The molecule has 1 aromatic carbocycles. The zero-order chi connectivity index (χ0) is 13.5. The van der Waals surface area contributed by atoms with E-state index in [-0.39, 0.29) is 11.9 Å². The SMILES string of the molecule is CCCCCCCC(N)c1c(C)cc(F)cc1C. The van der Waals surface area contributed by atoms with Crippen LogP contribution in [-0.4, -0.2) is 0 Å². The summed E-state index contributed by atoms with van der Waals surface area (Å²) in [6, 6.07) is 3.21. The van der Waals surface area contributed by atoms with Crippen molar-refractivity contribution in [3.8, 4) is 0 Å². The first-order chi connectivity index (χ1) is 8.56. The number of hydrogen-bond acceptors (Lipinski definition) is 1. The van der Waals surface area contributed by atoms with Gasteiger partial charge in [0.15, 0.2) is 0 Å². The topological polar surface area (TPSA) is 26.0 Å². The highest BCUT2D eigenvalue weighted by Gasteiger charge is 2.12. The number of hydrogen-bond donors (Lipinski definition) is 1. The van der Waals surface area contributed by atoms with Gasteiger partial charge in [0.1, 0.15) is 5.82 Å². The highest BCUT2D eigenvalue weighted by Crippen LogP contribution is 2.25. The molecule has 102 valence electrons. The Morgan fingerprint density at radius 2 is 1.61 bits per heavy atom. The lowest BCUT2D eigenvalue weighted by atomic mass is 9.93. The molecule has 1 rings (SSSR count). The van der Waals surface area contributed by atoms with E-state index in [2.05, 4.69) is 6.92 Å². The van der Waals surface area contributed by atoms with Crippen molar-refractivity contribution >= 4 is 0 Å². The van der Waals surface area contributed by atoms with Crippen LogP contribution in [0.5, 0.6) is 0 Å². The van der Waals surface area contributed by atoms with Gasteiger partial charge in [-0.25, -0.2) is 4.39 Å². The summed E-state index contributed by atoms with van der Waals surface area (Å²) >= 11 is 0. The van der Waals surface area contributed by atoms with Gasteiger partial charge in [-0.05, 0) is 49.1 Å². The van der Waals surface area contributed by atoms with Crippen LogP contribution in [0.3, 0.4) is 0 Å². The number of halogens is 1. The van der Waals surface area contributed by atoms with Crippen molar-refractivity contribution in [1.29, 1.82) is 0 Å². The molecular weight excluding hydrogens is 225 g/mol. The summed E-state index contributed by atoms with van der Waals surface area (Å²) in [6.45, 7) is 6.11. The molecule has 0 saturated heterocycles. The number of benzene rings is 1. The Morgan fingerprint density at radius 3 is 2.17 bits per heavy atom. The van der Waals surface area contributed by atoms with Crippen LogP contribution in [-0.2, 0) is 0 Å². The Balaban J connectivity index is 2.53. The molecule has 0 aromatic heterocycles. The van der Waals surface area contributed by atoms with E-state index in [1.165, 1.54) is 25.7 Å². The first-order valence-electron chi connectivity index (χ1n) is 7.08. The van der Waals surface area contributed by atoms with Crippen molar-refractivity contribution in [1.82, 2.24) is 0 Å². The van der Waals surface area contributed by atoms with Crippen LogP contribution < -0.4 is 5.73 Å². The molecule has 0 aliphatic heterocycles. The zero-order valence-electron chi connectivity index (χ0n) is 11.9. The summed E-state index contributed by atoms with van der Waals surface area (Å²) in [4.78, 5) is 0. The van der Waals surface area contributed by atoms with Gasteiger partial charge in [-0.2, -0.15) is 0 Å². The molecule has 0 heterocycles. The number of aryl methyl sites for hydroxylation is 2. The smallest absolute Gasteiger partial charge is 0.123 e. The normalized spacial score (nSPS) is 12.7. The van der Waals surface area contributed by atoms with E-state index in [1.807, 2.05) is 13.8 Å². The summed E-state index contributed by atoms with van der Waals surface area (Å²) in [5, 5.41) is 0. The Hall–Kier alpha value is -0.890. The second kappa shape index (κ2) is 7.52. The van der Waals surface area contributed by atoms with E-state index in [4.69, 9.17) is 5.73 Å². The fraction of sp³-hybridized carbons (Fsp3) is 0.625. The van der Waals surface area contributed by atoms with Crippen LogP contribution in [0.4, 0.5) is 4.39 Å². The molecule has 1 unspecified atom stereocenters. The fourth-order valence-corrected chi connectivity index (χ4v) is 2.62. The maximum absolute atomic E-state index is 13.2. The first kappa shape index (κ1) is 15.2. The van der Waals surface area contributed by atoms with Gasteiger partial charge in [0.05, 0.1) is 0 Å². The molecule has 0 fully saturated rings. The first-order valence-corrected chi connectivity index (χ1v) is 7.08. The Morgan fingerprint density at radius 1 is 1.06 bits per heavy atom. The zero-order valence-corrected chi connectivity index (χ0v) is 11.9. The van der Waals surface area contributed by atoms with Crippen molar-refractivity contribution in [3.05, 3.63) is 34.6 Å². The van der Waals surface area contributed by atoms with Crippen LogP contribution in [0.2, 0.25) is 0 Å². The lowest BCUT2D eigenvalue weighted by molar-refractivity contribution is 0.550. The monoisotopic (exact) mass is 251 g/mol. The number of rotatable bonds is 7. The Bertz CT molecular complexity index is 350. The lowest BCUT2D eigenvalue weighted by Crippen LogP contribution is -2.13. The van der Waals surface area contributed by atoms with Gasteiger partial charge in [0.2, 0.25) is 0 Å². The molecule has 0 aliphatic carbocycles. The molecule has 1 aromatic rings. The highest BCUT2D eigenvalue weighted by atomic mass is 19.1. The standard InChI is InChI=1S/C16H26FN/c1-4-5-6-7-8-9-15(18)16-12(2)10-14(17)11-13(16)3/h10-11,15H,4-9,18H2,1-3H3. The largest absolute Gasteiger partial charge is 0.324 e. The average Bonchev–Trinajstić information content (AvgIpc) is 2.27. The molecular formula is C16H26FN. The van der Waals surface area contributed by atoms with E-state index >= 15 is 0 Å². The van der Waals surface area contributed by atoms with Crippen LogP contribution >= 0.6 is 0 Å². The van der Waals surface area contributed by atoms with E-state index in [9.17, 15) is 4.39 Å². The average molecular weight is 251 g/mol. The van der Waals surface area contributed by atoms with Gasteiger partial charge in [-0.15, -0.1) is 0 Å². The van der Waals surface area contributed by atoms with Gasteiger partial charge in [0, 0.05) is 6.04 Å². The van der Waals surface area contributed by atoms with Gasteiger partial charge < -0.3 is 5.73 Å². The molecule has 2 heteroatoms. The summed E-state index contributed by atoms with van der Waals surface area (Å²) in [7, 11) is 0.